The fraction of sp³-hybridized carbons (Fsp3) is 0.500. The predicted octanol–water partition coefficient (Wildman–Crippen LogP) is 5.92. The van der Waals surface area contributed by atoms with E-state index in [0.29, 0.717) is 24.3 Å². The molecule has 2 aliphatic heterocycles. The Kier molecular flexibility index (Phi) is 6.17. The molecule has 2 heterocycles. The summed E-state index contributed by atoms with van der Waals surface area (Å²) in [7, 11) is 1.64. The predicted molar refractivity (Wildman–Crippen MR) is 124 cm³/mol. The average Bonchev–Trinajstić information content (AvgIpc) is 2.75. The van der Waals surface area contributed by atoms with Crippen LogP contribution >= 0.6 is 11.6 Å². The Morgan fingerprint density at radius 1 is 1.28 bits per heavy atom. The molecule has 5 nitrogen and oxygen atoms in total. The number of aryl methyl sites for hydroxylation is 2. The molecule has 4 atom stereocenters. The summed E-state index contributed by atoms with van der Waals surface area (Å²) in [5.41, 5.74) is 3.43. The molecule has 4 rings (SSSR count). The van der Waals surface area contributed by atoms with Crippen LogP contribution in [0.5, 0.6) is 11.5 Å². The van der Waals surface area contributed by atoms with Crippen molar-refractivity contribution in [2.75, 3.05) is 7.11 Å². The summed E-state index contributed by atoms with van der Waals surface area (Å²) in [5.74, 6) is 0.0899. The summed E-state index contributed by atoms with van der Waals surface area (Å²) in [4.78, 5) is 12.2. The van der Waals surface area contributed by atoms with Crippen LogP contribution in [0.25, 0.3) is 0 Å². The van der Waals surface area contributed by atoms with Crippen molar-refractivity contribution in [1.29, 1.82) is 0 Å². The van der Waals surface area contributed by atoms with E-state index in [-0.39, 0.29) is 12.0 Å². The third-order valence-electron chi connectivity index (χ3n) is 7.06. The van der Waals surface area contributed by atoms with E-state index in [9.17, 15) is 9.90 Å². The maximum absolute atomic E-state index is 12.2. The Bertz CT molecular complexity index is 1030. The van der Waals surface area contributed by atoms with Crippen molar-refractivity contribution in [2.45, 2.75) is 64.8 Å². The molecule has 172 valence electrons. The van der Waals surface area contributed by atoms with Crippen molar-refractivity contribution < 1.29 is 24.1 Å². The number of halogens is 1. The number of hydrogen-bond donors (Lipinski definition) is 1. The van der Waals surface area contributed by atoms with Crippen LogP contribution in [-0.4, -0.2) is 29.9 Å². The van der Waals surface area contributed by atoms with Gasteiger partial charge < -0.3 is 19.3 Å². The molecule has 32 heavy (non-hydrogen) atoms. The van der Waals surface area contributed by atoms with Crippen molar-refractivity contribution >= 4 is 17.6 Å². The zero-order valence-electron chi connectivity index (χ0n) is 19.3. The van der Waals surface area contributed by atoms with Gasteiger partial charge in [0, 0.05) is 16.5 Å². The van der Waals surface area contributed by atoms with Gasteiger partial charge in [-0.1, -0.05) is 23.7 Å². The van der Waals surface area contributed by atoms with Gasteiger partial charge >= 0.3 is 5.97 Å². The monoisotopic (exact) mass is 458 g/mol. The molecular formula is C26H31ClO5. The first-order valence-corrected chi connectivity index (χ1v) is 11.5. The molecule has 0 unspecified atom stereocenters. The Labute approximate surface area is 194 Å². The first-order chi connectivity index (χ1) is 15.1. The normalized spacial score (nSPS) is 25.9. The molecule has 1 N–H and O–H groups in total. The molecule has 1 fully saturated rings. The van der Waals surface area contributed by atoms with Gasteiger partial charge in [-0.25, -0.2) is 0 Å². The van der Waals surface area contributed by atoms with Crippen molar-refractivity contribution in [3.63, 3.8) is 0 Å². The molecule has 0 spiro atoms. The van der Waals surface area contributed by atoms with E-state index >= 15 is 0 Å². The molecule has 0 aromatic heterocycles. The molecule has 2 aromatic rings. The number of fused-ring (bicyclic) bond motifs is 3. The quantitative estimate of drug-likeness (QED) is 0.602. The van der Waals surface area contributed by atoms with Crippen LogP contribution < -0.4 is 9.47 Å². The highest BCUT2D eigenvalue weighted by Crippen LogP contribution is 2.54. The minimum atomic E-state index is -0.820. The maximum atomic E-state index is 12.2. The molecular weight excluding hydrogens is 428 g/mol. The summed E-state index contributed by atoms with van der Waals surface area (Å²) in [6.45, 7) is 8.00. The van der Waals surface area contributed by atoms with Crippen molar-refractivity contribution in [3.05, 3.63) is 57.6 Å². The van der Waals surface area contributed by atoms with Crippen LogP contribution in [0.2, 0.25) is 5.02 Å². The summed E-state index contributed by atoms with van der Waals surface area (Å²) < 4.78 is 18.3. The number of ether oxygens (including phenoxy) is 3. The summed E-state index contributed by atoms with van der Waals surface area (Å²) >= 11 is 6.59. The van der Waals surface area contributed by atoms with E-state index in [0.717, 1.165) is 33.8 Å². The number of aliphatic carboxylic acids is 1. The molecule has 0 amide bonds. The number of hydrogen-bond acceptors (Lipinski definition) is 4. The van der Waals surface area contributed by atoms with Crippen molar-refractivity contribution in [1.82, 2.24) is 0 Å². The van der Waals surface area contributed by atoms with E-state index < -0.39 is 23.6 Å². The Hall–Kier alpha value is -2.24. The van der Waals surface area contributed by atoms with E-state index in [1.807, 2.05) is 58.0 Å². The number of carboxylic acid groups (broad SMARTS) is 1. The van der Waals surface area contributed by atoms with Gasteiger partial charge in [-0.2, -0.15) is 0 Å². The van der Waals surface area contributed by atoms with Gasteiger partial charge in [0.15, 0.2) is 0 Å². The molecule has 0 radical (unpaired) electrons. The zero-order valence-corrected chi connectivity index (χ0v) is 20.0. The number of carbonyl (C=O) groups is 1. The lowest BCUT2D eigenvalue weighted by Crippen LogP contribution is -2.52. The fourth-order valence-electron chi connectivity index (χ4n) is 5.24. The highest BCUT2D eigenvalue weighted by molar-refractivity contribution is 6.32. The van der Waals surface area contributed by atoms with E-state index in [1.165, 1.54) is 0 Å². The van der Waals surface area contributed by atoms with Crippen LogP contribution in [0.4, 0.5) is 0 Å². The van der Waals surface area contributed by atoms with Crippen LogP contribution in [0.15, 0.2) is 30.3 Å². The van der Waals surface area contributed by atoms with E-state index in [1.54, 1.807) is 7.11 Å². The molecule has 0 saturated carbocycles. The highest BCUT2D eigenvalue weighted by Gasteiger charge is 2.52. The van der Waals surface area contributed by atoms with Gasteiger partial charge in [0.05, 0.1) is 25.2 Å². The smallest absolute Gasteiger partial charge is 0.309 e. The molecule has 0 aliphatic carbocycles. The second kappa shape index (κ2) is 8.60. The zero-order chi connectivity index (χ0) is 23.2. The fourth-order valence-corrected chi connectivity index (χ4v) is 5.40. The average molecular weight is 459 g/mol. The van der Waals surface area contributed by atoms with Gasteiger partial charge in [0.1, 0.15) is 17.1 Å². The number of rotatable bonds is 5. The Morgan fingerprint density at radius 2 is 2.03 bits per heavy atom. The topological polar surface area (TPSA) is 65.0 Å². The SMILES string of the molecule is COc1cccc(CC[C@@H]2O[C@@H]3c4c(cc(C)c(Cl)c4C)OC(C)(C)[C@H]3C[C@H]2C(=O)O)c1. The Balaban J connectivity index is 1.67. The maximum Gasteiger partial charge on any atom is 0.309 e. The third kappa shape index (κ3) is 4.08. The lowest BCUT2D eigenvalue weighted by molar-refractivity contribution is -0.188. The molecule has 2 aliphatic rings. The summed E-state index contributed by atoms with van der Waals surface area (Å²) in [5, 5.41) is 10.7. The number of carboxylic acids is 1. The first-order valence-electron chi connectivity index (χ1n) is 11.1. The number of benzene rings is 2. The van der Waals surface area contributed by atoms with Gasteiger partial charge in [0.25, 0.3) is 0 Å². The molecule has 0 bridgehead atoms. The minimum absolute atomic E-state index is 0.0818. The molecule has 6 heteroatoms. The van der Waals surface area contributed by atoms with Gasteiger partial charge in [-0.05, 0) is 81.8 Å². The third-order valence-corrected chi connectivity index (χ3v) is 7.64. The van der Waals surface area contributed by atoms with Crippen LogP contribution in [0.1, 0.15) is 55.0 Å². The van der Waals surface area contributed by atoms with Crippen LogP contribution in [0.3, 0.4) is 0 Å². The van der Waals surface area contributed by atoms with Crippen molar-refractivity contribution in [2.24, 2.45) is 11.8 Å². The van der Waals surface area contributed by atoms with E-state index in [2.05, 4.69) is 0 Å². The van der Waals surface area contributed by atoms with Gasteiger partial charge in [0.2, 0.25) is 0 Å². The highest BCUT2D eigenvalue weighted by atomic mass is 35.5. The van der Waals surface area contributed by atoms with Crippen molar-refractivity contribution in [3.8, 4) is 11.5 Å². The number of methoxy groups -OCH3 is 1. The Morgan fingerprint density at radius 3 is 2.72 bits per heavy atom. The largest absolute Gasteiger partial charge is 0.497 e. The second-order valence-electron chi connectivity index (χ2n) is 9.52. The lowest BCUT2D eigenvalue weighted by atomic mass is 9.70. The summed E-state index contributed by atoms with van der Waals surface area (Å²) in [6.07, 6.45) is 1.17. The standard InChI is InChI=1S/C26H31ClO5/c1-14-11-21-22(15(2)23(14)27)24-19(26(3,4)32-21)13-18(25(28)29)20(31-24)10-9-16-7-6-8-17(12-16)30-5/h6-8,11-12,18-20,24H,9-10,13H2,1-5H3,(H,28,29)/t18-,19+,20+,24+/m1/s1. The van der Waals surface area contributed by atoms with Crippen LogP contribution in [0, 0.1) is 25.7 Å². The molecule has 2 aromatic carbocycles. The molecule has 1 saturated heterocycles. The van der Waals surface area contributed by atoms with Crippen LogP contribution in [-0.2, 0) is 16.0 Å². The minimum Gasteiger partial charge on any atom is -0.497 e. The lowest BCUT2D eigenvalue weighted by Gasteiger charge is -2.51. The first kappa shape index (κ1) is 22.9. The summed E-state index contributed by atoms with van der Waals surface area (Å²) in [6, 6.07) is 9.84. The second-order valence-corrected chi connectivity index (χ2v) is 9.90. The van der Waals surface area contributed by atoms with Gasteiger partial charge in [-0.3, -0.25) is 4.79 Å². The van der Waals surface area contributed by atoms with Gasteiger partial charge in [-0.15, -0.1) is 0 Å². The van der Waals surface area contributed by atoms with E-state index in [4.69, 9.17) is 25.8 Å².